The normalized spacial score (nSPS) is 12.6. The van der Waals surface area contributed by atoms with Gasteiger partial charge in [0.2, 0.25) is 0 Å². The fourth-order valence-corrected chi connectivity index (χ4v) is 1.53. The van der Waals surface area contributed by atoms with Gasteiger partial charge in [-0.15, -0.1) is 0 Å². The average Bonchev–Trinajstić information content (AvgIpc) is 2.18. The lowest BCUT2D eigenvalue weighted by Gasteiger charge is -2.14. The van der Waals surface area contributed by atoms with Gasteiger partial charge in [-0.2, -0.15) is 0 Å². The first-order valence-electron chi connectivity index (χ1n) is 4.72. The molecule has 0 saturated heterocycles. The number of hydrogen-bond acceptors (Lipinski definition) is 3. The molecule has 3 heteroatoms. The van der Waals surface area contributed by atoms with Crippen LogP contribution in [0.1, 0.15) is 23.7 Å². The third kappa shape index (κ3) is 2.25. The molecule has 1 atom stereocenters. The highest BCUT2D eigenvalue weighted by atomic mass is 16.5. The van der Waals surface area contributed by atoms with Crippen LogP contribution in [-0.2, 0) is 0 Å². The Bertz CT molecular complexity index is 299. The second-order valence-corrected chi connectivity index (χ2v) is 3.27. The monoisotopic (exact) mass is 195 g/mol. The lowest BCUT2D eigenvalue weighted by atomic mass is 10.0. The van der Waals surface area contributed by atoms with Crippen molar-refractivity contribution < 1.29 is 9.84 Å². The van der Waals surface area contributed by atoms with Crippen molar-refractivity contribution >= 4 is 0 Å². The SMILES string of the molecule is COc1cccc([C@@H](O)CCN)c1C. The standard InChI is InChI=1S/C11H17NO2/c1-8-9(10(13)6-7-12)4-3-5-11(8)14-2/h3-5,10,13H,6-7,12H2,1-2H3/t10-/m0/s1. The molecule has 3 nitrogen and oxygen atoms in total. The van der Waals surface area contributed by atoms with Crippen molar-refractivity contribution in [1.82, 2.24) is 0 Å². The summed E-state index contributed by atoms with van der Waals surface area (Å²) in [6.07, 6.45) is 0.0867. The molecule has 3 N–H and O–H groups in total. The first-order chi connectivity index (χ1) is 6.70. The van der Waals surface area contributed by atoms with Crippen molar-refractivity contribution in [3.05, 3.63) is 29.3 Å². The second kappa shape index (κ2) is 4.98. The van der Waals surface area contributed by atoms with Crippen LogP contribution in [0.4, 0.5) is 0 Å². The number of ether oxygens (including phenoxy) is 1. The van der Waals surface area contributed by atoms with E-state index < -0.39 is 6.10 Å². The zero-order valence-electron chi connectivity index (χ0n) is 8.66. The van der Waals surface area contributed by atoms with E-state index in [0.29, 0.717) is 13.0 Å². The molecule has 14 heavy (non-hydrogen) atoms. The highest BCUT2D eigenvalue weighted by molar-refractivity contribution is 5.40. The highest BCUT2D eigenvalue weighted by Gasteiger charge is 2.11. The van der Waals surface area contributed by atoms with E-state index in [4.69, 9.17) is 10.5 Å². The maximum atomic E-state index is 9.79. The Morgan fingerprint density at radius 3 is 2.79 bits per heavy atom. The summed E-state index contributed by atoms with van der Waals surface area (Å²) in [6, 6.07) is 5.66. The molecule has 78 valence electrons. The number of rotatable bonds is 4. The van der Waals surface area contributed by atoms with Gasteiger partial charge in [0.1, 0.15) is 5.75 Å². The third-order valence-electron chi connectivity index (χ3n) is 2.35. The zero-order valence-corrected chi connectivity index (χ0v) is 8.66. The van der Waals surface area contributed by atoms with Gasteiger partial charge in [-0.3, -0.25) is 0 Å². The molecular weight excluding hydrogens is 178 g/mol. The first-order valence-corrected chi connectivity index (χ1v) is 4.72. The molecule has 0 bridgehead atoms. The Balaban J connectivity index is 2.96. The number of benzene rings is 1. The van der Waals surface area contributed by atoms with Crippen LogP contribution in [0.5, 0.6) is 5.75 Å². The Kier molecular flexibility index (Phi) is 3.92. The van der Waals surface area contributed by atoms with Crippen LogP contribution in [0, 0.1) is 6.92 Å². The van der Waals surface area contributed by atoms with Gasteiger partial charge >= 0.3 is 0 Å². The van der Waals surface area contributed by atoms with Gasteiger partial charge in [-0.25, -0.2) is 0 Å². The fourth-order valence-electron chi connectivity index (χ4n) is 1.53. The molecule has 0 radical (unpaired) electrons. The van der Waals surface area contributed by atoms with E-state index >= 15 is 0 Å². The summed E-state index contributed by atoms with van der Waals surface area (Å²) in [7, 11) is 1.63. The summed E-state index contributed by atoms with van der Waals surface area (Å²) >= 11 is 0. The van der Waals surface area contributed by atoms with E-state index in [0.717, 1.165) is 16.9 Å². The molecule has 1 rings (SSSR count). The summed E-state index contributed by atoms with van der Waals surface area (Å²) in [5.74, 6) is 0.804. The van der Waals surface area contributed by atoms with Gasteiger partial charge in [-0.05, 0) is 37.1 Å². The van der Waals surface area contributed by atoms with Crippen molar-refractivity contribution in [2.75, 3.05) is 13.7 Å². The predicted molar refractivity (Wildman–Crippen MR) is 56.4 cm³/mol. The van der Waals surface area contributed by atoms with Gasteiger partial charge in [0.15, 0.2) is 0 Å². The molecule has 0 spiro atoms. The minimum Gasteiger partial charge on any atom is -0.496 e. The smallest absolute Gasteiger partial charge is 0.122 e. The van der Waals surface area contributed by atoms with Crippen molar-refractivity contribution in [3.63, 3.8) is 0 Å². The van der Waals surface area contributed by atoms with Crippen molar-refractivity contribution in [1.29, 1.82) is 0 Å². The van der Waals surface area contributed by atoms with Gasteiger partial charge in [0.05, 0.1) is 13.2 Å². The van der Waals surface area contributed by atoms with E-state index in [1.54, 1.807) is 7.11 Å². The van der Waals surface area contributed by atoms with Crippen LogP contribution in [-0.4, -0.2) is 18.8 Å². The van der Waals surface area contributed by atoms with E-state index in [2.05, 4.69) is 0 Å². The number of hydrogen-bond donors (Lipinski definition) is 2. The summed E-state index contributed by atoms with van der Waals surface area (Å²) in [6.45, 7) is 2.42. The summed E-state index contributed by atoms with van der Waals surface area (Å²) in [5, 5.41) is 9.79. The summed E-state index contributed by atoms with van der Waals surface area (Å²) in [4.78, 5) is 0. The molecular formula is C11H17NO2. The largest absolute Gasteiger partial charge is 0.496 e. The van der Waals surface area contributed by atoms with Crippen LogP contribution in [0.3, 0.4) is 0 Å². The van der Waals surface area contributed by atoms with Gasteiger partial charge in [0, 0.05) is 0 Å². The number of aliphatic hydroxyl groups is 1. The maximum absolute atomic E-state index is 9.79. The van der Waals surface area contributed by atoms with Crippen LogP contribution >= 0.6 is 0 Å². The molecule has 1 aromatic carbocycles. The van der Waals surface area contributed by atoms with Crippen LogP contribution in [0.2, 0.25) is 0 Å². The Morgan fingerprint density at radius 1 is 1.50 bits per heavy atom. The Morgan fingerprint density at radius 2 is 2.21 bits per heavy atom. The molecule has 0 aliphatic heterocycles. The van der Waals surface area contributed by atoms with Gasteiger partial charge in [-0.1, -0.05) is 12.1 Å². The van der Waals surface area contributed by atoms with Crippen molar-refractivity contribution in [3.8, 4) is 5.75 Å². The van der Waals surface area contributed by atoms with Crippen molar-refractivity contribution in [2.45, 2.75) is 19.4 Å². The Labute approximate surface area is 84.5 Å². The van der Waals surface area contributed by atoms with Crippen LogP contribution in [0.25, 0.3) is 0 Å². The zero-order chi connectivity index (χ0) is 10.6. The topological polar surface area (TPSA) is 55.5 Å². The number of nitrogens with two attached hydrogens (primary N) is 1. The molecule has 0 heterocycles. The molecule has 0 aliphatic carbocycles. The summed E-state index contributed by atoms with van der Waals surface area (Å²) in [5.41, 5.74) is 7.28. The molecule has 0 unspecified atom stereocenters. The van der Waals surface area contributed by atoms with Gasteiger partial charge in [0.25, 0.3) is 0 Å². The van der Waals surface area contributed by atoms with Crippen LogP contribution in [0.15, 0.2) is 18.2 Å². The van der Waals surface area contributed by atoms with Crippen LogP contribution < -0.4 is 10.5 Å². The molecule has 0 aliphatic rings. The minimum atomic E-state index is -0.491. The predicted octanol–water partition coefficient (Wildman–Crippen LogP) is 1.39. The van der Waals surface area contributed by atoms with E-state index in [1.165, 1.54) is 0 Å². The van der Waals surface area contributed by atoms with E-state index in [1.807, 2.05) is 25.1 Å². The van der Waals surface area contributed by atoms with E-state index in [-0.39, 0.29) is 0 Å². The lowest BCUT2D eigenvalue weighted by molar-refractivity contribution is 0.169. The van der Waals surface area contributed by atoms with Crippen molar-refractivity contribution in [2.24, 2.45) is 5.73 Å². The second-order valence-electron chi connectivity index (χ2n) is 3.27. The summed E-state index contributed by atoms with van der Waals surface area (Å²) < 4.78 is 5.17. The third-order valence-corrected chi connectivity index (χ3v) is 2.35. The minimum absolute atomic E-state index is 0.484. The Hall–Kier alpha value is -1.06. The maximum Gasteiger partial charge on any atom is 0.122 e. The molecule has 0 amide bonds. The first kappa shape index (κ1) is 11.0. The van der Waals surface area contributed by atoms with Gasteiger partial charge < -0.3 is 15.6 Å². The lowest BCUT2D eigenvalue weighted by Crippen LogP contribution is -2.08. The number of methoxy groups -OCH3 is 1. The molecule has 0 fully saturated rings. The molecule has 0 aromatic heterocycles. The molecule has 0 saturated carbocycles. The fraction of sp³-hybridized carbons (Fsp3) is 0.455. The quantitative estimate of drug-likeness (QED) is 0.763. The van der Waals surface area contributed by atoms with E-state index in [9.17, 15) is 5.11 Å². The highest BCUT2D eigenvalue weighted by Crippen LogP contribution is 2.26. The number of aliphatic hydroxyl groups excluding tert-OH is 1. The average molecular weight is 195 g/mol. The molecule has 1 aromatic rings.